The van der Waals surface area contributed by atoms with Crippen molar-refractivity contribution >= 4 is 47.7 Å². The molecule has 0 amide bonds. The Balaban J connectivity index is 0.000000436. The molecule has 38 heavy (non-hydrogen) atoms. The van der Waals surface area contributed by atoms with E-state index in [1.165, 1.54) is 8.92 Å². The summed E-state index contributed by atoms with van der Waals surface area (Å²) in [6.07, 6.45) is 0. The zero-order valence-electron chi connectivity index (χ0n) is 19.5. The van der Waals surface area contributed by atoms with E-state index in [1.807, 2.05) is 77.8 Å². The van der Waals surface area contributed by atoms with Gasteiger partial charge in [0.25, 0.3) is 0 Å². The van der Waals surface area contributed by atoms with E-state index < -0.39 is 39.4 Å². The smallest absolute Gasteiger partial charge is 0.485 e. The maximum atomic E-state index is 13.7. The number of hydrogen-bond donors (Lipinski definition) is 0. The maximum absolute atomic E-state index is 13.7. The van der Waals surface area contributed by atoms with Crippen molar-refractivity contribution in [3.8, 4) is 0 Å². The molecule has 0 aliphatic rings. The normalized spacial score (nSPS) is 12.5. The van der Waals surface area contributed by atoms with E-state index in [9.17, 15) is 21.6 Å². The fourth-order valence-electron chi connectivity index (χ4n) is 3.13. The monoisotopic (exact) mass is 626 g/mol. The van der Waals surface area contributed by atoms with Gasteiger partial charge in [0, 0.05) is 0 Å². The van der Waals surface area contributed by atoms with Gasteiger partial charge in [0.05, 0.1) is 0 Å². The van der Waals surface area contributed by atoms with Crippen LogP contribution < -0.4 is 8.92 Å². The SMILES string of the molecule is O=S(=O)(/C(=C\[Se+](c1ccccc1)c1ccccc1)c1ccccc1)c1ccccc1.O=S(=O)([O-])C(F)(F)F. The number of sulfone groups is 1. The van der Waals surface area contributed by atoms with E-state index in [0.29, 0.717) is 15.4 Å². The molecule has 11 heteroatoms. The average molecular weight is 626 g/mol. The Morgan fingerprint density at radius 1 is 0.632 bits per heavy atom. The van der Waals surface area contributed by atoms with Gasteiger partial charge in [-0.2, -0.15) is 13.2 Å². The van der Waals surface area contributed by atoms with Crippen molar-refractivity contribution in [1.82, 2.24) is 0 Å². The first-order valence-corrected chi connectivity index (χ1v) is 16.4. The molecule has 0 saturated carbocycles. The van der Waals surface area contributed by atoms with Crippen molar-refractivity contribution in [1.29, 1.82) is 0 Å². The molecule has 0 aliphatic carbocycles. The summed E-state index contributed by atoms with van der Waals surface area (Å²) in [4.78, 5) is 2.68. The Labute approximate surface area is 223 Å². The average Bonchev–Trinajstić information content (AvgIpc) is 2.90. The number of rotatable bonds is 6. The Hall–Kier alpha value is -3.21. The zero-order valence-corrected chi connectivity index (χ0v) is 22.9. The topological polar surface area (TPSA) is 91.3 Å². The summed E-state index contributed by atoms with van der Waals surface area (Å²) in [7, 11) is -9.76. The van der Waals surface area contributed by atoms with Crippen molar-refractivity contribution in [2.75, 3.05) is 0 Å². The first-order chi connectivity index (χ1) is 17.9. The minimum atomic E-state index is -6.09. The molecule has 0 radical (unpaired) electrons. The van der Waals surface area contributed by atoms with Crippen LogP contribution in [0.2, 0.25) is 0 Å². The molecule has 0 unspecified atom stereocenters. The molecule has 0 N–H and O–H groups in total. The fourth-order valence-corrected chi connectivity index (χ4v) is 9.54. The Kier molecular flexibility index (Phi) is 9.70. The van der Waals surface area contributed by atoms with Gasteiger partial charge in [-0.05, 0) is 0 Å². The van der Waals surface area contributed by atoms with Gasteiger partial charge in [-0.15, -0.1) is 0 Å². The van der Waals surface area contributed by atoms with Gasteiger partial charge in [-0.25, -0.2) is 8.42 Å². The first-order valence-electron chi connectivity index (χ1n) is 10.8. The Morgan fingerprint density at radius 3 is 1.34 bits per heavy atom. The third-order valence-electron chi connectivity index (χ3n) is 4.90. The summed E-state index contributed by atoms with van der Waals surface area (Å²) in [5.74, 6) is 0. The molecule has 0 saturated heterocycles. The first kappa shape index (κ1) is 29.3. The molecule has 0 aliphatic heterocycles. The molecule has 0 fully saturated rings. The molecule has 4 aromatic rings. The van der Waals surface area contributed by atoms with Crippen LogP contribution in [-0.4, -0.2) is 40.8 Å². The minimum Gasteiger partial charge on any atom is -0.741 e. The largest absolute Gasteiger partial charge is 0.741 e. The summed E-state index contributed by atoms with van der Waals surface area (Å²) in [6.45, 7) is 0. The van der Waals surface area contributed by atoms with Crippen LogP contribution in [0.15, 0.2) is 131 Å². The van der Waals surface area contributed by atoms with Gasteiger partial charge in [-0.3, -0.25) is 0 Å². The van der Waals surface area contributed by atoms with Gasteiger partial charge < -0.3 is 4.55 Å². The number of alkyl halides is 3. The van der Waals surface area contributed by atoms with Crippen molar-refractivity contribution in [3.05, 3.63) is 132 Å². The second-order valence-electron chi connectivity index (χ2n) is 7.53. The van der Waals surface area contributed by atoms with E-state index in [1.54, 1.807) is 24.3 Å². The molecule has 4 rings (SSSR count). The van der Waals surface area contributed by atoms with E-state index in [-0.39, 0.29) is 0 Å². The third-order valence-corrected chi connectivity index (χ3v) is 11.9. The summed E-state index contributed by atoms with van der Waals surface area (Å²) in [5.41, 5.74) is -4.94. The summed E-state index contributed by atoms with van der Waals surface area (Å²) >= 11 is -1.77. The molecular formula is C27H21F3O5S2Se. The van der Waals surface area contributed by atoms with Crippen molar-refractivity contribution in [2.45, 2.75) is 10.4 Å². The molecule has 0 spiro atoms. The van der Waals surface area contributed by atoms with Gasteiger partial charge in [0.15, 0.2) is 10.1 Å². The van der Waals surface area contributed by atoms with Gasteiger partial charge >= 0.3 is 188 Å². The van der Waals surface area contributed by atoms with Crippen LogP contribution in [0, 0.1) is 0 Å². The summed E-state index contributed by atoms with van der Waals surface area (Å²) in [6, 6.07) is 38.4. The Morgan fingerprint density at radius 2 is 0.974 bits per heavy atom. The quantitative estimate of drug-likeness (QED) is 0.180. The van der Waals surface area contributed by atoms with Crippen molar-refractivity contribution in [2.24, 2.45) is 0 Å². The molecule has 5 nitrogen and oxygen atoms in total. The summed E-state index contributed by atoms with van der Waals surface area (Å²) in [5, 5.41) is 0. The molecule has 198 valence electrons. The van der Waals surface area contributed by atoms with Crippen LogP contribution in [-0.2, 0) is 20.0 Å². The second-order valence-corrected chi connectivity index (χ2v) is 14.7. The van der Waals surface area contributed by atoms with E-state index in [2.05, 4.69) is 24.3 Å². The number of benzene rings is 4. The minimum absolute atomic E-state index is 0.312. The van der Waals surface area contributed by atoms with E-state index in [4.69, 9.17) is 13.0 Å². The standard InChI is InChI=1S/C26H21O2SSe.CHF3O3S/c27-29(28,23-15-7-2-8-16-23)26(22-13-5-1-6-14-22)21-30(24-17-9-3-10-18-24)25-19-11-4-12-20-25;2-1(3,4)8(5,6)7/h1-21H;(H,5,6,7)/q+1;/p-1/b26-21-;. The predicted octanol–water partition coefficient (Wildman–Crippen LogP) is 4.40. The van der Waals surface area contributed by atoms with Crippen LogP contribution in [0.3, 0.4) is 0 Å². The van der Waals surface area contributed by atoms with E-state index in [0.717, 1.165) is 0 Å². The van der Waals surface area contributed by atoms with Crippen molar-refractivity contribution in [3.63, 3.8) is 0 Å². The number of hydrogen-bond acceptors (Lipinski definition) is 5. The van der Waals surface area contributed by atoms with E-state index >= 15 is 0 Å². The van der Waals surface area contributed by atoms with Crippen LogP contribution in [0.1, 0.15) is 5.56 Å². The van der Waals surface area contributed by atoms with Crippen LogP contribution in [0.4, 0.5) is 13.2 Å². The molecule has 0 atom stereocenters. The van der Waals surface area contributed by atoms with Gasteiger partial charge in [0.1, 0.15) is 0 Å². The molecule has 0 bridgehead atoms. The van der Waals surface area contributed by atoms with Crippen LogP contribution in [0.25, 0.3) is 4.91 Å². The molecular weight excluding hydrogens is 604 g/mol. The third kappa shape index (κ3) is 7.66. The second kappa shape index (κ2) is 12.6. The zero-order chi connectivity index (χ0) is 27.8. The van der Waals surface area contributed by atoms with Crippen LogP contribution >= 0.6 is 0 Å². The van der Waals surface area contributed by atoms with Crippen molar-refractivity contribution < 1.29 is 34.6 Å². The fraction of sp³-hybridized carbons (Fsp3) is 0.0370. The van der Waals surface area contributed by atoms with Crippen LogP contribution in [0.5, 0.6) is 0 Å². The van der Waals surface area contributed by atoms with Gasteiger partial charge in [-0.1, -0.05) is 0 Å². The number of halogens is 3. The maximum Gasteiger partial charge on any atom is 0.485 e. The molecule has 4 aromatic carbocycles. The van der Waals surface area contributed by atoms with Gasteiger partial charge in [0.2, 0.25) is 0 Å². The predicted molar refractivity (Wildman–Crippen MR) is 142 cm³/mol. The molecule has 0 heterocycles. The molecule has 0 aromatic heterocycles. The Bertz CT molecular complexity index is 1520. The summed E-state index contributed by atoms with van der Waals surface area (Å²) < 4.78 is 88.6.